The zero-order valence-corrected chi connectivity index (χ0v) is 34.1. The molecule has 4 atom stereocenters. The van der Waals surface area contributed by atoms with Crippen LogP contribution >= 0.6 is 0 Å². The van der Waals surface area contributed by atoms with Crippen molar-refractivity contribution in [3.05, 3.63) is 120 Å². The Morgan fingerprint density at radius 2 is 0.746 bits per heavy atom. The fraction of sp³-hybridized carbons (Fsp3) is 0.412. The zero-order chi connectivity index (χ0) is 41.1. The summed E-state index contributed by atoms with van der Waals surface area (Å²) in [5.74, 6) is 0.446. The highest BCUT2D eigenvalue weighted by molar-refractivity contribution is 5.84. The maximum atomic E-state index is 13.2. The van der Waals surface area contributed by atoms with Crippen LogP contribution in [0.1, 0.15) is 94.6 Å². The van der Waals surface area contributed by atoms with E-state index in [1.807, 2.05) is 97.1 Å². The molecule has 0 heterocycles. The van der Waals surface area contributed by atoms with Crippen LogP contribution in [0.15, 0.2) is 109 Å². The van der Waals surface area contributed by atoms with E-state index < -0.39 is 11.8 Å². The molecule has 0 amide bonds. The predicted octanol–water partition coefficient (Wildman–Crippen LogP) is 11.4. The highest BCUT2D eigenvalue weighted by Gasteiger charge is 2.53. The van der Waals surface area contributed by atoms with Gasteiger partial charge in [-0.25, -0.2) is 0 Å². The lowest BCUT2D eigenvalue weighted by Gasteiger charge is -2.25. The summed E-state index contributed by atoms with van der Waals surface area (Å²) in [5, 5.41) is 18.0. The monoisotopic (exact) mass is 792 g/mol. The number of unbranched alkanes of at least 4 members (excludes halogenated alkanes) is 10. The Labute approximate surface area is 349 Å². The first-order valence-corrected chi connectivity index (χ1v) is 21.5. The van der Waals surface area contributed by atoms with Crippen LogP contribution in [0.4, 0.5) is 0 Å². The number of ether oxygens (including phenoxy) is 4. The third kappa shape index (κ3) is 12.8. The van der Waals surface area contributed by atoms with Crippen molar-refractivity contribution in [1.82, 2.24) is 0 Å². The first kappa shape index (κ1) is 42.7. The number of benzene rings is 4. The normalized spacial score (nSPS) is 17.5. The molecule has 2 bridgehead atoms. The number of nitriles is 2. The topological polar surface area (TPSA) is 119 Å². The molecule has 4 aromatic carbocycles. The molecule has 0 N–H and O–H groups in total. The minimum atomic E-state index is -0.438. The molecule has 59 heavy (non-hydrogen) atoms. The molecule has 4 aromatic rings. The summed E-state index contributed by atoms with van der Waals surface area (Å²) in [6.07, 6.45) is 17.1. The Morgan fingerprint density at radius 3 is 1.08 bits per heavy atom. The van der Waals surface area contributed by atoms with E-state index in [-0.39, 0.29) is 23.8 Å². The molecule has 0 saturated heterocycles. The van der Waals surface area contributed by atoms with Gasteiger partial charge < -0.3 is 18.9 Å². The van der Waals surface area contributed by atoms with Crippen LogP contribution in [-0.2, 0) is 19.1 Å². The summed E-state index contributed by atoms with van der Waals surface area (Å²) in [6, 6.07) is 35.5. The molecule has 1 fully saturated rings. The number of fused-ring (bicyclic) bond motifs is 2. The second-order valence-electron chi connectivity index (χ2n) is 15.7. The summed E-state index contributed by atoms with van der Waals surface area (Å²) < 4.78 is 23.3. The lowest BCUT2D eigenvalue weighted by Crippen LogP contribution is -2.35. The molecule has 4 unspecified atom stereocenters. The minimum absolute atomic E-state index is 0.0602. The number of allylic oxidation sites excluding steroid dienone is 2. The molecule has 1 saturated carbocycles. The van der Waals surface area contributed by atoms with Crippen LogP contribution in [0, 0.1) is 46.3 Å². The molecule has 8 nitrogen and oxygen atoms in total. The van der Waals surface area contributed by atoms with Gasteiger partial charge in [0.15, 0.2) is 0 Å². The second kappa shape index (κ2) is 22.9. The third-order valence-corrected chi connectivity index (χ3v) is 11.5. The van der Waals surface area contributed by atoms with Gasteiger partial charge in [0.25, 0.3) is 0 Å². The largest absolute Gasteiger partial charge is 0.494 e. The smallest absolute Gasteiger partial charge is 0.310 e. The summed E-state index contributed by atoms with van der Waals surface area (Å²) in [4.78, 5) is 26.3. The van der Waals surface area contributed by atoms with Crippen molar-refractivity contribution in [2.24, 2.45) is 23.7 Å². The second-order valence-corrected chi connectivity index (χ2v) is 15.7. The first-order chi connectivity index (χ1) is 29.0. The van der Waals surface area contributed by atoms with Crippen LogP contribution in [0.3, 0.4) is 0 Å². The van der Waals surface area contributed by atoms with Gasteiger partial charge in [0.05, 0.1) is 61.5 Å². The lowest BCUT2D eigenvalue weighted by atomic mass is 9.83. The highest BCUT2D eigenvalue weighted by atomic mass is 16.5. The maximum absolute atomic E-state index is 13.2. The van der Waals surface area contributed by atoms with Crippen molar-refractivity contribution < 1.29 is 28.5 Å². The Bertz CT molecular complexity index is 1880. The van der Waals surface area contributed by atoms with Crippen LogP contribution < -0.4 is 9.47 Å². The number of hydrogen-bond acceptors (Lipinski definition) is 8. The van der Waals surface area contributed by atoms with E-state index in [2.05, 4.69) is 24.3 Å². The maximum Gasteiger partial charge on any atom is 0.310 e. The highest BCUT2D eigenvalue weighted by Crippen LogP contribution is 2.49. The number of nitrogens with zero attached hydrogens (tertiary/aromatic N) is 2. The van der Waals surface area contributed by atoms with Crippen LogP contribution in [0.25, 0.3) is 22.3 Å². The van der Waals surface area contributed by atoms with Gasteiger partial charge in [-0.05, 0) is 115 Å². The van der Waals surface area contributed by atoms with Crippen molar-refractivity contribution in [2.75, 3.05) is 26.4 Å². The average Bonchev–Trinajstić information content (AvgIpc) is 3.91. The van der Waals surface area contributed by atoms with E-state index in [1.54, 1.807) is 0 Å². The number of hydrogen-bond donors (Lipinski definition) is 0. The van der Waals surface area contributed by atoms with E-state index in [0.717, 1.165) is 117 Å². The van der Waals surface area contributed by atoms with Gasteiger partial charge >= 0.3 is 11.9 Å². The molecular weight excluding hydrogens is 737 g/mol. The fourth-order valence-corrected chi connectivity index (χ4v) is 8.17. The van der Waals surface area contributed by atoms with E-state index >= 15 is 0 Å². The number of rotatable bonds is 24. The molecule has 8 heteroatoms. The fourth-order valence-electron chi connectivity index (χ4n) is 8.17. The number of carbonyl (C=O) groups is 2. The Kier molecular flexibility index (Phi) is 16.6. The van der Waals surface area contributed by atoms with Crippen LogP contribution in [0.2, 0.25) is 0 Å². The average molecular weight is 793 g/mol. The SMILES string of the molecule is N#Cc1ccc(-c2ccc(OCCCCCCCCOC(=O)C3C4C=CC(C4)C3C(=O)OCCCCCCCCOc3ccc(-c4ccc(C#N)cc4)cc3)cc2)cc1. The van der Waals surface area contributed by atoms with Crippen LogP contribution in [0.5, 0.6) is 11.5 Å². The van der Waals surface area contributed by atoms with E-state index in [1.165, 1.54) is 0 Å². The van der Waals surface area contributed by atoms with Gasteiger partial charge in [0.2, 0.25) is 0 Å². The molecule has 6 rings (SSSR count). The van der Waals surface area contributed by atoms with Crippen molar-refractivity contribution in [1.29, 1.82) is 10.5 Å². The molecule has 0 spiro atoms. The quantitative estimate of drug-likeness (QED) is 0.0391. The Balaban J connectivity index is 0.757. The van der Waals surface area contributed by atoms with E-state index in [4.69, 9.17) is 29.5 Å². The van der Waals surface area contributed by atoms with Gasteiger partial charge in [-0.15, -0.1) is 0 Å². The minimum Gasteiger partial charge on any atom is -0.494 e. The summed E-state index contributed by atoms with van der Waals surface area (Å²) in [6.45, 7) is 2.13. The summed E-state index contributed by atoms with van der Waals surface area (Å²) >= 11 is 0. The van der Waals surface area contributed by atoms with Gasteiger partial charge in [-0.3, -0.25) is 9.59 Å². The molecular formula is C51H56N2O6. The van der Waals surface area contributed by atoms with E-state index in [9.17, 15) is 9.59 Å². The molecule has 2 aliphatic carbocycles. The van der Waals surface area contributed by atoms with Crippen molar-refractivity contribution in [2.45, 2.75) is 83.5 Å². The molecule has 2 aliphatic rings. The number of esters is 2. The summed E-state index contributed by atoms with van der Waals surface area (Å²) in [5.41, 5.74) is 5.63. The van der Waals surface area contributed by atoms with Crippen molar-refractivity contribution >= 4 is 11.9 Å². The van der Waals surface area contributed by atoms with Gasteiger partial charge in [-0.1, -0.05) is 112 Å². The third-order valence-electron chi connectivity index (χ3n) is 11.5. The zero-order valence-electron chi connectivity index (χ0n) is 34.1. The number of carbonyl (C=O) groups excluding carboxylic acids is 2. The van der Waals surface area contributed by atoms with Gasteiger partial charge in [0.1, 0.15) is 11.5 Å². The molecule has 0 radical (unpaired) electrons. The predicted molar refractivity (Wildman–Crippen MR) is 229 cm³/mol. The molecule has 0 aliphatic heterocycles. The first-order valence-electron chi connectivity index (χ1n) is 21.5. The lowest BCUT2D eigenvalue weighted by molar-refractivity contribution is -0.161. The Morgan fingerprint density at radius 1 is 0.441 bits per heavy atom. The van der Waals surface area contributed by atoms with Crippen molar-refractivity contribution in [3.8, 4) is 45.9 Å². The molecule has 306 valence electrons. The summed E-state index contributed by atoms with van der Waals surface area (Å²) in [7, 11) is 0. The standard InChI is InChI=1S/C51H56N2O6/c52-36-38-13-17-40(18-14-38)42-23-27-46(28-24-42)56-31-9-5-1-3-7-11-33-58-50(54)48-44-21-22-45(35-44)49(48)51(55)59-34-12-8-4-2-6-10-32-57-47-29-25-43(26-30-47)41-19-15-39(37-53)16-20-41/h13-30,44-45,48-49H,1-12,31-35H2. The Hall–Kier alpha value is -5.86. The van der Waals surface area contributed by atoms with Gasteiger partial charge in [-0.2, -0.15) is 10.5 Å². The van der Waals surface area contributed by atoms with E-state index in [0.29, 0.717) is 37.6 Å². The van der Waals surface area contributed by atoms with Crippen LogP contribution in [-0.4, -0.2) is 38.4 Å². The van der Waals surface area contributed by atoms with Crippen molar-refractivity contribution in [3.63, 3.8) is 0 Å². The van der Waals surface area contributed by atoms with Gasteiger partial charge in [0, 0.05) is 0 Å². The molecule has 0 aromatic heterocycles.